The first-order chi connectivity index (χ1) is 9.06. The highest BCUT2D eigenvalue weighted by Gasteiger charge is 2.12. The summed E-state index contributed by atoms with van der Waals surface area (Å²) in [6.07, 6.45) is 2.52. The van der Waals surface area contributed by atoms with Gasteiger partial charge in [0.2, 0.25) is 0 Å². The van der Waals surface area contributed by atoms with Crippen molar-refractivity contribution < 1.29 is 19.0 Å². The molecule has 1 heterocycles. The molecule has 3 N–H and O–H groups in total. The molecule has 0 saturated carbocycles. The number of carboxylic acid groups (broad SMARTS) is 1. The number of pyridine rings is 1. The zero-order valence-electron chi connectivity index (χ0n) is 9.84. The third kappa shape index (κ3) is 3.19. The maximum absolute atomic E-state index is 12.9. The van der Waals surface area contributed by atoms with E-state index in [0.29, 0.717) is 11.3 Å². The molecule has 0 unspecified atom stereocenters. The van der Waals surface area contributed by atoms with Crippen LogP contribution in [0.3, 0.4) is 0 Å². The lowest BCUT2D eigenvalue weighted by molar-refractivity contribution is 0.0692. The standard InChI is InChI=1S/C13H11FN2O3/c14-9-3-8(5-16-6-9)7-19-12-2-1-10(15)4-11(12)13(17)18/h1-6H,7,15H2,(H,17,18). The van der Waals surface area contributed by atoms with Crippen LogP contribution in [0.25, 0.3) is 0 Å². The van der Waals surface area contributed by atoms with E-state index in [1.165, 1.54) is 30.5 Å². The maximum Gasteiger partial charge on any atom is 0.339 e. The average molecular weight is 262 g/mol. The lowest BCUT2D eigenvalue weighted by Crippen LogP contribution is -2.04. The van der Waals surface area contributed by atoms with Gasteiger partial charge in [-0.25, -0.2) is 9.18 Å². The fourth-order valence-electron chi connectivity index (χ4n) is 1.54. The molecule has 0 aliphatic heterocycles. The average Bonchev–Trinajstić information content (AvgIpc) is 2.37. The van der Waals surface area contributed by atoms with E-state index >= 15 is 0 Å². The van der Waals surface area contributed by atoms with Crippen molar-refractivity contribution in [2.45, 2.75) is 6.61 Å². The minimum atomic E-state index is -1.14. The highest BCUT2D eigenvalue weighted by molar-refractivity contribution is 5.92. The van der Waals surface area contributed by atoms with Gasteiger partial charge in [0.25, 0.3) is 0 Å². The SMILES string of the molecule is Nc1ccc(OCc2cncc(F)c2)c(C(=O)O)c1. The lowest BCUT2D eigenvalue weighted by atomic mass is 10.2. The molecule has 6 heteroatoms. The second kappa shape index (κ2) is 5.34. The second-order valence-corrected chi connectivity index (χ2v) is 3.86. The van der Waals surface area contributed by atoms with Gasteiger partial charge in [0.05, 0.1) is 6.20 Å². The van der Waals surface area contributed by atoms with E-state index in [9.17, 15) is 9.18 Å². The van der Waals surface area contributed by atoms with Crippen molar-refractivity contribution in [2.24, 2.45) is 0 Å². The number of nitrogens with zero attached hydrogens (tertiary/aromatic N) is 1. The third-order valence-corrected chi connectivity index (χ3v) is 2.39. The Morgan fingerprint density at radius 1 is 1.37 bits per heavy atom. The number of ether oxygens (including phenoxy) is 1. The van der Waals surface area contributed by atoms with Crippen molar-refractivity contribution in [1.82, 2.24) is 4.98 Å². The highest BCUT2D eigenvalue weighted by atomic mass is 19.1. The fraction of sp³-hybridized carbons (Fsp3) is 0.0769. The molecule has 19 heavy (non-hydrogen) atoms. The zero-order valence-corrected chi connectivity index (χ0v) is 9.84. The van der Waals surface area contributed by atoms with Crippen LogP contribution in [0.5, 0.6) is 5.75 Å². The van der Waals surface area contributed by atoms with Gasteiger partial charge in [0.1, 0.15) is 23.7 Å². The minimum absolute atomic E-state index is 0.0228. The van der Waals surface area contributed by atoms with Gasteiger partial charge in [-0.1, -0.05) is 0 Å². The van der Waals surface area contributed by atoms with E-state index in [1.807, 2.05) is 0 Å². The Balaban J connectivity index is 2.17. The molecular formula is C13H11FN2O3. The quantitative estimate of drug-likeness (QED) is 0.824. The number of carbonyl (C=O) groups is 1. The molecule has 0 bridgehead atoms. The largest absolute Gasteiger partial charge is 0.488 e. The molecule has 0 radical (unpaired) electrons. The van der Waals surface area contributed by atoms with Crippen LogP contribution < -0.4 is 10.5 Å². The Morgan fingerprint density at radius 3 is 2.84 bits per heavy atom. The Bertz CT molecular complexity index is 617. The predicted molar refractivity (Wildman–Crippen MR) is 66.3 cm³/mol. The second-order valence-electron chi connectivity index (χ2n) is 3.86. The fourth-order valence-corrected chi connectivity index (χ4v) is 1.54. The molecule has 2 aromatic rings. The van der Waals surface area contributed by atoms with Crippen LogP contribution in [0, 0.1) is 5.82 Å². The van der Waals surface area contributed by atoms with Gasteiger partial charge >= 0.3 is 5.97 Å². The number of nitrogen functional groups attached to an aromatic ring is 1. The first kappa shape index (κ1) is 12.8. The summed E-state index contributed by atoms with van der Waals surface area (Å²) in [5.41, 5.74) is 6.31. The van der Waals surface area contributed by atoms with Gasteiger partial charge in [-0.3, -0.25) is 4.98 Å². The van der Waals surface area contributed by atoms with Gasteiger partial charge in [-0.15, -0.1) is 0 Å². The van der Waals surface area contributed by atoms with Crippen LogP contribution in [0.2, 0.25) is 0 Å². The molecule has 1 aromatic heterocycles. The Hall–Kier alpha value is -2.63. The maximum atomic E-state index is 12.9. The summed E-state index contributed by atoms with van der Waals surface area (Å²) in [6, 6.07) is 5.57. The van der Waals surface area contributed by atoms with E-state index in [4.69, 9.17) is 15.6 Å². The zero-order chi connectivity index (χ0) is 13.8. The summed E-state index contributed by atoms with van der Waals surface area (Å²) in [5.74, 6) is -1.44. The van der Waals surface area contributed by atoms with Gasteiger partial charge in [-0.05, 0) is 24.3 Å². The molecule has 0 aliphatic rings. The van der Waals surface area contributed by atoms with Gasteiger partial charge in [-0.2, -0.15) is 0 Å². The monoisotopic (exact) mass is 262 g/mol. The number of rotatable bonds is 4. The number of benzene rings is 1. The van der Waals surface area contributed by atoms with Gasteiger partial charge in [0, 0.05) is 17.4 Å². The predicted octanol–water partition coefficient (Wildman–Crippen LogP) is 2.08. The van der Waals surface area contributed by atoms with Crippen molar-refractivity contribution in [2.75, 3.05) is 5.73 Å². The molecule has 5 nitrogen and oxygen atoms in total. The minimum Gasteiger partial charge on any atom is -0.488 e. The first-order valence-electron chi connectivity index (χ1n) is 5.41. The van der Waals surface area contributed by atoms with Crippen LogP contribution >= 0.6 is 0 Å². The number of halogens is 1. The number of hydrogen-bond donors (Lipinski definition) is 2. The number of nitrogens with two attached hydrogens (primary N) is 1. The third-order valence-electron chi connectivity index (χ3n) is 2.39. The summed E-state index contributed by atoms with van der Waals surface area (Å²) in [5, 5.41) is 9.02. The number of hydrogen-bond acceptors (Lipinski definition) is 4. The molecule has 0 aliphatic carbocycles. The molecule has 0 spiro atoms. The van der Waals surface area contributed by atoms with Crippen LogP contribution in [-0.2, 0) is 6.61 Å². The van der Waals surface area contributed by atoms with E-state index in [0.717, 1.165) is 6.20 Å². The van der Waals surface area contributed by atoms with Crippen LogP contribution in [0.1, 0.15) is 15.9 Å². The van der Waals surface area contributed by atoms with E-state index in [1.54, 1.807) is 0 Å². The summed E-state index contributed by atoms with van der Waals surface area (Å²) >= 11 is 0. The van der Waals surface area contributed by atoms with Crippen LogP contribution in [0.15, 0.2) is 36.7 Å². The Kier molecular flexibility index (Phi) is 3.61. The van der Waals surface area contributed by atoms with Crippen molar-refractivity contribution >= 4 is 11.7 Å². The Morgan fingerprint density at radius 2 is 2.16 bits per heavy atom. The summed E-state index contributed by atoms with van der Waals surface area (Å²) in [4.78, 5) is 14.7. The molecule has 0 amide bonds. The normalized spacial score (nSPS) is 10.2. The number of carboxylic acids is 1. The lowest BCUT2D eigenvalue weighted by Gasteiger charge is -2.09. The van der Waals surface area contributed by atoms with Crippen molar-refractivity contribution in [3.63, 3.8) is 0 Å². The molecular weight excluding hydrogens is 251 g/mol. The number of aromatic carboxylic acids is 1. The number of anilines is 1. The van der Waals surface area contributed by atoms with Gasteiger partial charge in [0.15, 0.2) is 0 Å². The van der Waals surface area contributed by atoms with E-state index in [-0.39, 0.29) is 17.9 Å². The summed E-state index contributed by atoms with van der Waals surface area (Å²) in [7, 11) is 0. The highest BCUT2D eigenvalue weighted by Crippen LogP contribution is 2.22. The molecule has 98 valence electrons. The summed E-state index contributed by atoms with van der Waals surface area (Å²) < 4.78 is 18.3. The van der Waals surface area contributed by atoms with Crippen molar-refractivity contribution in [3.8, 4) is 5.75 Å². The van der Waals surface area contributed by atoms with Crippen molar-refractivity contribution in [3.05, 3.63) is 53.6 Å². The number of aromatic nitrogens is 1. The smallest absolute Gasteiger partial charge is 0.339 e. The molecule has 2 rings (SSSR count). The van der Waals surface area contributed by atoms with Gasteiger partial charge < -0.3 is 15.6 Å². The van der Waals surface area contributed by atoms with E-state index < -0.39 is 11.8 Å². The Labute approximate surface area is 108 Å². The van der Waals surface area contributed by atoms with Crippen molar-refractivity contribution in [1.29, 1.82) is 0 Å². The first-order valence-corrected chi connectivity index (χ1v) is 5.41. The topological polar surface area (TPSA) is 85.4 Å². The van der Waals surface area contributed by atoms with Crippen LogP contribution in [0.4, 0.5) is 10.1 Å². The molecule has 0 fully saturated rings. The molecule has 1 aromatic carbocycles. The summed E-state index contributed by atoms with van der Waals surface area (Å²) in [6.45, 7) is 0.0228. The molecule has 0 atom stereocenters. The van der Waals surface area contributed by atoms with E-state index in [2.05, 4.69) is 4.98 Å². The molecule has 0 saturated heterocycles. The van der Waals surface area contributed by atoms with Crippen LogP contribution in [-0.4, -0.2) is 16.1 Å².